The molecule has 0 aromatic heterocycles. The zero-order valence-corrected chi connectivity index (χ0v) is 12.5. The van der Waals surface area contributed by atoms with Crippen LogP contribution in [-0.2, 0) is 0 Å². The first-order chi connectivity index (χ1) is 9.56. The van der Waals surface area contributed by atoms with Crippen LogP contribution < -0.4 is 10.1 Å². The normalized spacial score (nSPS) is 12.0. The van der Waals surface area contributed by atoms with Gasteiger partial charge in [0.2, 0.25) is 5.82 Å². The first-order valence-corrected chi connectivity index (χ1v) is 6.95. The molecule has 0 aliphatic rings. The molecule has 0 fully saturated rings. The van der Waals surface area contributed by atoms with E-state index in [1.807, 2.05) is 30.3 Å². The van der Waals surface area contributed by atoms with Crippen molar-refractivity contribution >= 4 is 21.6 Å². The Labute approximate surface area is 124 Å². The van der Waals surface area contributed by atoms with Gasteiger partial charge in [0, 0.05) is 10.2 Å². The average Bonchev–Trinajstić information content (AvgIpc) is 2.43. The van der Waals surface area contributed by atoms with Crippen LogP contribution in [0.2, 0.25) is 0 Å². The molecule has 0 saturated carbocycles. The summed E-state index contributed by atoms with van der Waals surface area (Å²) in [5.74, 6) is -2.00. The van der Waals surface area contributed by atoms with Gasteiger partial charge >= 0.3 is 0 Å². The smallest absolute Gasteiger partial charge is 0.200 e. The van der Waals surface area contributed by atoms with Crippen LogP contribution in [-0.4, -0.2) is 12.6 Å². The highest BCUT2D eigenvalue weighted by Crippen LogP contribution is 2.26. The molecular formula is C15H14BrF2NO. The molecule has 1 atom stereocenters. The van der Waals surface area contributed by atoms with E-state index in [1.165, 1.54) is 6.07 Å². The van der Waals surface area contributed by atoms with Crippen LogP contribution in [0.3, 0.4) is 0 Å². The van der Waals surface area contributed by atoms with Crippen molar-refractivity contribution in [2.45, 2.75) is 13.0 Å². The van der Waals surface area contributed by atoms with E-state index < -0.39 is 11.6 Å². The van der Waals surface area contributed by atoms with Crippen molar-refractivity contribution in [1.82, 2.24) is 0 Å². The van der Waals surface area contributed by atoms with Crippen LogP contribution in [0.25, 0.3) is 0 Å². The molecule has 0 spiro atoms. The van der Waals surface area contributed by atoms with Crippen molar-refractivity contribution in [2.75, 3.05) is 11.9 Å². The van der Waals surface area contributed by atoms with Crippen LogP contribution in [0.5, 0.6) is 5.75 Å². The maximum atomic E-state index is 13.6. The van der Waals surface area contributed by atoms with Crippen LogP contribution in [0.4, 0.5) is 14.5 Å². The van der Waals surface area contributed by atoms with Crippen molar-refractivity contribution in [2.24, 2.45) is 0 Å². The fourth-order valence-electron chi connectivity index (χ4n) is 1.69. The van der Waals surface area contributed by atoms with Crippen molar-refractivity contribution in [3.05, 3.63) is 58.6 Å². The number of ether oxygens (including phenoxy) is 1. The summed E-state index contributed by atoms with van der Waals surface area (Å²) in [4.78, 5) is 0. The monoisotopic (exact) mass is 341 g/mol. The molecule has 2 aromatic carbocycles. The Hall–Kier alpha value is -1.62. The molecular weight excluding hydrogens is 328 g/mol. The summed E-state index contributed by atoms with van der Waals surface area (Å²) in [5.41, 5.74) is 0.948. The molecule has 1 unspecified atom stereocenters. The second-order valence-corrected chi connectivity index (χ2v) is 5.29. The van der Waals surface area contributed by atoms with Crippen molar-refractivity contribution in [3.63, 3.8) is 0 Å². The lowest BCUT2D eigenvalue weighted by atomic mass is 10.3. The van der Waals surface area contributed by atoms with E-state index >= 15 is 0 Å². The average molecular weight is 342 g/mol. The van der Waals surface area contributed by atoms with Gasteiger partial charge in [0.25, 0.3) is 0 Å². The summed E-state index contributed by atoms with van der Waals surface area (Å²) in [6, 6.07) is 12.1. The lowest BCUT2D eigenvalue weighted by Gasteiger charge is -2.17. The number of rotatable bonds is 5. The van der Waals surface area contributed by atoms with E-state index in [4.69, 9.17) is 4.74 Å². The highest BCUT2D eigenvalue weighted by atomic mass is 79.9. The summed E-state index contributed by atoms with van der Waals surface area (Å²) in [6.07, 6.45) is -0.307. The molecule has 2 nitrogen and oxygen atoms in total. The van der Waals surface area contributed by atoms with Crippen LogP contribution in [0.1, 0.15) is 6.92 Å². The third-order valence-corrected chi connectivity index (χ3v) is 3.11. The Morgan fingerprint density at radius 3 is 2.60 bits per heavy atom. The second-order valence-electron chi connectivity index (χ2n) is 4.38. The molecule has 0 bridgehead atoms. The van der Waals surface area contributed by atoms with Crippen LogP contribution in [0.15, 0.2) is 46.9 Å². The number of nitrogens with one attached hydrogen (secondary N) is 1. The molecule has 20 heavy (non-hydrogen) atoms. The largest absolute Gasteiger partial charge is 0.486 e. The summed E-state index contributed by atoms with van der Waals surface area (Å²) in [7, 11) is 0. The van der Waals surface area contributed by atoms with Gasteiger partial charge in [0.1, 0.15) is 6.10 Å². The number of anilines is 1. The van der Waals surface area contributed by atoms with E-state index in [0.29, 0.717) is 11.0 Å². The number of halogens is 3. The minimum absolute atomic E-state index is 0.0979. The standard InChI is InChI=1S/C15H14BrF2NO/c1-10(9-19-12-5-3-2-4-6-12)20-14-8-11(16)7-13(17)15(14)18/h2-8,10,19H,9H2,1H3. The summed E-state index contributed by atoms with van der Waals surface area (Å²) < 4.78 is 32.7. The van der Waals surface area contributed by atoms with E-state index in [2.05, 4.69) is 21.2 Å². The maximum absolute atomic E-state index is 13.6. The first kappa shape index (κ1) is 14.8. The van der Waals surface area contributed by atoms with Crippen LogP contribution in [0, 0.1) is 11.6 Å². The third kappa shape index (κ3) is 3.93. The van der Waals surface area contributed by atoms with Gasteiger partial charge in [-0.3, -0.25) is 0 Å². The Balaban J connectivity index is 1.96. The molecule has 2 rings (SSSR count). The zero-order chi connectivity index (χ0) is 14.5. The highest BCUT2D eigenvalue weighted by Gasteiger charge is 2.14. The van der Waals surface area contributed by atoms with Gasteiger partial charge in [-0.25, -0.2) is 4.39 Å². The van der Waals surface area contributed by atoms with Gasteiger partial charge in [-0.1, -0.05) is 34.1 Å². The topological polar surface area (TPSA) is 21.3 Å². The lowest BCUT2D eigenvalue weighted by molar-refractivity contribution is 0.221. The van der Waals surface area contributed by atoms with Gasteiger partial charge in [-0.15, -0.1) is 0 Å². The molecule has 0 aliphatic carbocycles. The number of benzene rings is 2. The number of hydrogen-bond acceptors (Lipinski definition) is 2. The van der Waals surface area contributed by atoms with Gasteiger partial charge in [0.05, 0.1) is 6.54 Å². The third-order valence-electron chi connectivity index (χ3n) is 2.66. The fraction of sp³-hybridized carbons (Fsp3) is 0.200. The van der Waals surface area contributed by atoms with E-state index in [-0.39, 0.29) is 11.9 Å². The Bertz CT molecular complexity index is 578. The van der Waals surface area contributed by atoms with Crippen LogP contribution >= 0.6 is 15.9 Å². The molecule has 2 aromatic rings. The summed E-state index contributed by atoms with van der Waals surface area (Å²) in [5, 5.41) is 3.16. The summed E-state index contributed by atoms with van der Waals surface area (Å²) in [6.45, 7) is 2.27. The molecule has 0 amide bonds. The highest BCUT2D eigenvalue weighted by molar-refractivity contribution is 9.10. The fourth-order valence-corrected chi connectivity index (χ4v) is 2.10. The van der Waals surface area contributed by atoms with Crippen molar-refractivity contribution in [3.8, 4) is 5.75 Å². The SMILES string of the molecule is CC(CNc1ccccc1)Oc1cc(Br)cc(F)c1F. The van der Waals surface area contributed by atoms with Gasteiger partial charge in [-0.05, 0) is 31.2 Å². The van der Waals surface area contributed by atoms with Crippen molar-refractivity contribution in [1.29, 1.82) is 0 Å². The molecule has 0 heterocycles. The molecule has 106 valence electrons. The van der Waals surface area contributed by atoms with Crippen molar-refractivity contribution < 1.29 is 13.5 Å². The summed E-state index contributed by atoms with van der Waals surface area (Å²) >= 11 is 3.11. The van der Waals surface area contributed by atoms with E-state index in [9.17, 15) is 8.78 Å². The van der Waals surface area contributed by atoms with E-state index in [1.54, 1.807) is 6.92 Å². The molecule has 0 saturated heterocycles. The van der Waals surface area contributed by atoms with Gasteiger partial charge < -0.3 is 10.1 Å². The maximum Gasteiger partial charge on any atom is 0.200 e. The molecule has 0 radical (unpaired) electrons. The number of hydrogen-bond donors (Lipinski definition) is 1. The Kier molecular flexibility index (Phi) is 4.95. The molecule has 1 N–H and O–H groups in total. The Morgan fingerprint density at radius 2 is 1.90 bits per heavy atom. The quantitative estimate of drug-likeness (QED) is 0.802. The van der Waals surface area contributed by atoms with Gasteiger partial charge in [0.15, 0.2) is 11.6 Å². The molecule has 0 aliphatic heterocycles. The number of para-hydroxylation sites is 1. The first-order valence-electron chi connectivity index (χ1n) is 6.16. The molecule has 5 heteroatoms. The minimum atomic E-state index is -0.972. The predicted octanol–water partition coefficient (Wildman–Crippen LogP) is 4.61. The lowest BCUT2D eigenvalue weighted by Crippen LogP contribution is -2.23. The second kappa shape index (κ2) is 6.70. The zero-order valence-electron chi connectivity index (χ0n) is 10.9. The van der Waals surface area contributed by atoms with Gasteiger partial charge in [-0.2, -0.15) is 4.39 Å². The Morgan fingerprint density at radius 1 is 1.20 bits per heavy atom. The van der Waals surface area contributed by atoms with E-state index in [0.717, 1.165) is 11.8 Å². The predicted molar refractivity (Wildman–Crippen MR) is 79.1 cm³/mol. The minimum Gasteiger partial charge on any atom is -0.486 e.